The van der Waals surface area contributed by atoms with Crippen molar-refractivity contribution in [3.8, 4) is 11.1 Å². The molecule has 0 atom stereocenters. The Labute approximate surface area is 210 Å². The van der Waals surface area contributed by atoms with Gasteiger partial charge in [0.1, 0.15) is 22.8 Å². The van der Waals surface area contributed by atoms with E-state index in [9.17, 15) is 9.18 Å². The summed E-state index contributed by atoms with van der Waals surface area (Å²) in [6, 6.07) is 25.9. The van der Waals surface area contributed by atoms with Gasteiger partial charge in [0.05, 0.1) is 0 Å². The number of halogens is 1. The Balaban J connectivity index is 1.19. The molecule has 3 heterocycles. The molecular weight excluding hydrogens is 465 g/mol. The summed E-state index contributed by atoms with van der Waals surface area (Å²) in [7, 11) is 0. The van der Waals surface area contributed by atoms with Gasteiger partial charge in [0.15, 0.2) is 0 Å². The number of benzene rings is 5. The number of rotatable bonds is 4. The molecule has 0 saturated heterocycles. The zero-order valence-corrected chi connectivity index (χ0v) is 19.6. The van der Waals surface area contributed by atoms with E-state index in [4.69, 9.17) is 10.2 Å². The van der Waals surface area contributed by atoms with Gasteiger partial charge in [-0.1, -0.05) is 30.3 Å². The van der Waals surface area contributed by atoms with Gasteiger partial charge >= 0.3 is 0 Å². The number of amides is 1. The van der Waals surface area contributed by atoms with Gasteiger partial charge in [-0.25, -0.2) is 9.37 Å². The number of nitrogens with one attached hydrogen (secondary N) is 1. The molecule has 0 saturated carbocycles. The summed E-state index contributed by atoms with van der Waals surface area (Å²) in [5.41, 5.74) is 10.7. The standard InChI is InChI=1S/C31H20FN3O2/c32-22-3-1-2-18(13-22)19-5-8-24-26(14-19)28-25-9-6-21(15-27(25)29(24)37-28)31(36)35-16-17-4-7-23-20(12-17)10-11-34-30(23)33/h1-15H,16H2,(H2,33,34)(H,35,36). The smallest absolute Gasteiger partial charge is 0.251 e. The fourth-order valence-corrected chi connectivity index (χ4v) is 5.11. The van der Waals surface area contributed by atoms with Crippen molar-refractivity contribution in [2.75, 3.05) is 5.73 Å². The average Bonchev–Trinajstić information content (AvgIpc) is 3.49. The molecule has 7 rings (SSSR count). The molecule has 3 N–H and O–H groups in total. The number of nitrogens with zero attached hydrogens (tertiary/aromatic N) is 1. The molecule has 178 valence electrons. The number of nitrogen functional groups attached to an aromatic ring is 1. The van der Waals surface area contributed by atoms with Crippen LogP contribution in [0.1, 0.15) is 15.9 Å². The van der Waals surface area contributed by atoms with Gasteiger partial charge in [-0.3, -0.25) is 4.79 Å². The highest BCUT2D eigenvalue weighted by molar-refractivity contribution is 6.26. The molecule has 5 nitrogen and oxygen atoms in total. The van der Waals surface area contributed by atoms with Crippen LogP contribution in [0.4, 0.5) is 10.2 Å². The highest BCUT2D eigenvalue weighted by atomic mass is 19.1. The third kappa shape index (κ3) is 3.45. The molecule has 4 aromatic carbocycles. The van der Waals surface area contributed by atoms with Gasteiger partial charge in [0.2, 0.25) is 0 Å². The molecule has 3 aromatic heterocycles. The van der Waals surface area contributed by atoms with E-state index >= 15 is 0 Å². The highest BCUT2D eigenvalue weighted by Crippen LogP contribution is 2.42. The number of carbonyl (C=O) groups is 1. The second-order valence-electron chi connectivity index (χ2n) is 9.23. The van der Waals surface area contributed by atoms with Gasteiger partial charge in [-0.15, -0.1) is 0 Å². The maximum atomic E-state index is 13.7. The number of aromatic nitrogens is 1. The summed E-state index contributed by atoms with van der Waals surface area (Å²) in [6.45, 7) is 0.393. The molecule has 2 bridgehead atoms. The van der Waals surface area contributed by atoms with Crippen molar-refractivity contribution in [1.82, 2.24) is 10.3 Å². The summed E-state index contributed by atoms with van der Waals surface area (Å²) < 4.78 is 19.9. The fraction of sp³-hybridized carbons (Fsp3) is 0.0323. The predicted molar refractivity (Wildman–Crippen MR) is 145 cm³/mol. The van der Waals surface area contributed by atoms with Crippen LogP contribution in [0.25, 0.3) is 54.6 Å². The second-order valence-corrected chi connectivity index (χ2v) is 9.23. The molecule has 37 heavy (non-hydrogen) atoms. The van der Waals surface area contributed by atoms with Crippen molar-refractivity contribution < 1.29 is 13.6 Å². The number of nitrogens with two attached hydrogens (primary N) is 1. The van der Waals surface area contributed by atoms with E-state index in [1.54, 1.807) is 12.3 Å². The van der Waals surface area contributed by atoms with Crippen molar-refractivity contribution in [3.63, 3.8) is 0 Å². The molecule has 0 unspecified atom stereocenters. The number of furan rings is 2. The van der Waals surface area contributed by atoms with E-state index < -0.39 is 0 Å². The summed E-state index contributed by atoms with van der Waals surface area (Å²) in [6.07, 6.45) is 1.68. The Morgan fingerprint density at radius 2 is 1.57 bits per heavy atom. The Morgan fingerprint density at radius 3 is 2.41 bits per heavy atom. The molecule has 0 radical (unpaired) electrons. The van der Waals surface area contributed by atoms with Gasteiger partial charge in [0.25, 0.3) is 5.91 Å². The van der Waals surface area contributed by atoms with Crippen LogP contribution >= 0.6 is 0 Å². The number of hydrogen-bond donors (Lipinski definition) is 2. The largest absolute Gasteiger partial charge is 0.455 e. The second kappa shape index (κ2) is 8.03. The van der Waals surface area contributed by atoms with Gasteiger partial charge in [-0.05, 0) is 76.7 Å². The van der Waals surface area contributed by atoms with Crippen LogP contribution < -0.4 is 11.1 Å². The lowest BCUT2D eigenvalue weighted by molar-refractivity contribution is 0.0951. The molecule has 7 aromatic rings. The van der Waals surface area contributed by atoms with Crippen LogP contribution in [0.2, 0.25) is 0 Å². The van der Waals surface area contributed by atoms with Crippen LogP contribution in [0.3, 0.4) is 0 Å². The van der Waals surface area contributed by atoms with E-state index in [1.165, 1.54) is 12.1 Å². The fourth-order valence-electron chi connectivity index (χ4n) is 5.11. The van der Waals surface area contributed by atoms with Crippen LogP contribution in [0.5, 0.6) is 0 Å². The molecule has 1 amide bonds. The summed E-state index contributed by atoms with van der Waals surface area (Å²) in [5.74, 6) is 0.0635. The van der Waals surface area contributed by atoms with E-state index in [2.05, 4.69) is 10.3 Å². The SMILES string of the molecule is Nc1nccc2cc(CNC(=O)c3ccc4c(c3)c3oc4c4cc(-c5cccc(F)c5)ccc43)ccc12. The number of pyridine rings is 1. The first-order valence-corrected chi connectivity index (χ1v) is 11.9. The first kappa shape index (κ1) is 21.3. The van der Waals surface area contributed by atoms with Gasteiger partial charge in [0, 0.05) is 45.2 Å². The zero-order valence-electron chi connectivity index (χ0n) is 19.6. The van der Waals surface area contributed by atoms with Crippen LogP contribution in [0, 0.1) is 5.82 Å². The average molecular weight is 486 g/mol. The van der Waals surface area contributed by atoms with E-state index in [0.29, 0.717) is 17.9 Å². The topological polar surface area (TPSA) is 81.1 Å². The Morgan fingerprint density at radius 1 is 0.811 bits per heavy atom. The van der Waals surface area contributed by atoms with E-state index in [-0.39, 0.29) is 11.7 Å². The van der Waals surface area contributed by atoms with E-state index in [0.717, 1.165) is 60.2 Å². The lowest BCUT2D eigenvalue weighted by Crippen LogP contribution is -2.22. The predicted octanol–water partition coefficient (Wildman–Crippen LogP) is 7.04. The van der Waals surface area contributed by atoms with Crippen molar-refractivity contribution in [2.24, 2.45) is 0 Å². The van der Waals surface area contributed by atoms with Crippen molar-refractivity contribution >= 4 is 55.2 Å². The number of anilines is 1. The van der Waals surface area contributed by atoms with Crippen LogP contribution in [-0.2, 0) is 6.54 Å². The Hall–Kier alpha value is -4.97. The minimum Gasteiger partial charge on any atom is -0.455 e. The monoisotopic (exact) mass is 485 g/mol. The number of carbonyl (C=O) groups excluding carboxylic acids is 1. The Kier molecular flexibility index (Phi) is 4.63. The van der Waals surface area contributed by atoms with Gasteiger partial charge in [-0.2, -0.15) is 0 Å². The maximum absolute atomic E-state index is 13.7. The summed E-state index contributed by atoms with van der Waals surface area (Å²) >= 11 is 0. The van der Waals surface area contributed by atoms with Crippen LogP contribution in [0.15, 0.2) is 95.5 Å². The molecule has 0 aliphatic carbocycles. The lowest BCUT2D eigenvalue weighted by atomic mass is 9.97. The van der Waals surface area contributed by atoms with Gasteiger partial charge < -0.3 is 15.5 Å². The molecule has 0 aliphatic heterocycles. The van der Waals surface area contributed by atoms with Crippen molar-refractivity contribution in [3.05, 3.63) is 108 Å². The molecular formula is C31H20FN3O2. The lowest BCUT2D eigenvalue weighted by Gasteiger charge is -2.08. The molecule has 0 spiro atoms. The van der Waals surface area contributed by atoms with Crippen molar-refractivity contribution in [2.45, 2.75) is 6.54 Å². The summed E-state index contributed by atoms with van der Waals surface area (Å²) in [4.78, 5) is 17.1. The minimum atomic E-state index is -0.267. The first-order chi connectivity index (χ1) is 18.0. The summed E-state index contributed by atoms with van der Waals surface area (Å²) in [5, 5.41) is 8.70. The minimum absolute atomic E-state index is 0.160. The third-order valence-electron chi connectivity index (χ3n) is 6.95. The molecule has 0 aliphatic rings. The van der Waals surface area contributed by atoms with Crippen molar-refractivity contribution in [1.29, 1.82) is 0 Å². The van der Waals surface area contributed by atoms with E-state index in [1.807, 2.05) is 66.7 Å². The molecule has 6 heteroatoms. The first-order valence-electron chi connectivity index (χ1n) is 11.9. The molecule has 0 fully saturated rings. The Bertz CT molecular complexity index is 1990. The maximum Gasteiger partial charge on any atom is 0.251 e. The van der Waals surface area contributed by atoms with Crippen LogP contribution in [-0.4, -0.2) is 10.9 Å². The zero-order chi connectivity index (χ0) is 25.1. The number of fused-ring (bicyclic) bond motifs is 9. The third-order valence-corrected chi connectivity index (χ3v) is 6.95. The highest BCUT2D eigenvalue weighted by Gasteiger charge is 2.19. The quantitative estimate of drug-likeness (QED) is 0.262. The number of hydrogen-bond acceptors (Lipinski definition) is 4. The normalized spacial score (nSPS) is 11.7.